The average Bonchev–Trinajstić information content (AvgIpc) is 2.96. The highest BCUT2D eigenvalue weighted by Gasteiger charge is 2.40. The number of thioether (sulfide) groups is 1. The lowest BCUT2D eigenvalue weighted by Gasteiger charge is -2.18. The summed E-state index contributed by atoms with van der Waals surface area (Å²) < 4.78 is 1.44. The van der Waals surface area contributed by atoms with E-state index in [1.165, 1.54) is 44.9 Å². The van der Waals surface area contributed by atoms with Gasteiger partial charge in [0.05, 0.1) is 12.2 Å². The molecule has 1 fully saturated rings. The van der Waals surface area contributed by atoms with Crippen LogP contribution in [0.15, 0.2) is 33.5 Å². The van der Waals surface area contributed by atoms with Crippen LogP contribution in [0.1, 0.15) is 24.0 Å². The minimum atomic E-state index is 0.787. The van der Waals surface area contributed by atoms with Gasteiger partial charge in [-0.3, -0.25) is 4.99 Å². The third kappa shape index (κ3) is 1.75. The maximum atomic E-state index is 4.69. The molecule has 2 aliphatic heterocycles. The molecule has 1 aliphatic carbocycles. The van der Waals surface area contributed by atoms with Crippen LogP contribution in [-0.4, -0.2) is 23.2 Å². The fourth-order valence-electron chi connectivity index (χ4n) is 3.27. The molecule has 4 heteroatoms. The van der Waals surface area contributed by atoms with Crippen LogP contribution in [0.3, 0.4) is 0 Å². The Bertz CT molecular complexity index is 811. The first-order valence-electron chi connectivity index (χ1n) is 7.54. The van der Waals surface area contributed by atoms with Crippen molar-refractivity contribution >= 4 is 44.0 Å². The Morgan fingerprint density at radius 1 is 1.29 bits per heavy atom. The van der Waals surface area contributed by atoms with Crippen LogP contribution >= 0.6 is 23.1 Å². The Morgan fingerprint density at radius 2 is 2.19 bits per heavy atom. The molecule has 0 amide bonds. The van der Waals surface area contributed by atoms with Gasteiger partial charge in [0.2, 0.25) is 0 Å². The number of fused-ring (bicyclic) bond motifs is 2. The highest BCUT2D eigenvalue weighted by atomic mass is 32.2. The summed E-state index contributed by atoms with van der Waals surface area (Å²) in [4.78, 5) is 8.72. The number of hydrogen-bond acceptors (Lipinski definition) is 4. The van der Waals surface area contributed by atoms with E-state index >= 15 is 0 Å². The molecular weight excluding hydrogens is 296 g/mol. The maximum Gasteiger partial charge on any atom is 0.168 e. The minimum Gasteiger partial charge on any atom is -0.318 e. The summed E-state index contributed by atoms with van der Waals surface area (Å²) in [6.07, 6.45) is 2.71. The van der Waals surface area contributed by atoms with Crippen molar-refractivity contribution in [3.63, 3.8) is 0 Å². The monoisotopic (exact) mass is 312 g/mol. The molecule has 0 N–H and O–H groups in total. The zero-order valence-electron chi connectivity index (χ0n) is 11.9. The van der Waals surface area contributed by atoms with Crippen molar-refractivity contribution in [2.45, 2.75) is 19.8 Å². The van der Waals surface area contributed by atoms with Crippen molar-refractivity contribution < 1.29 is 0 Å². The van der Waals surface area contributed by atoms with Crippen LogP contribution in [0.25, 0.3) is 15.8 Å². The maximum absolute atomic E-state index is 4.69. The van der Waals surface area contributed by atoms with Gasteiger partial charge in [-0.2, -0.15) is 0 Å². The molecule has 1 aromatic carbocycles. The third-order valence-electron chi connectivity index (χ3n) is 4.50. The number of benzene rings is 1. The smallest absolute Gasteiger partial charge is 0.168 e. The van der Waals surface area contributed by atoms with E-state index in [0.29, 0.717) is 0 Å². The molecule has 1 aromatic heterocycles. The lowest BCUT2D eigenvalue weighted by atomic mass is 10.1. The standard InChI is InChI=1S/C17H16N2S2/c1-10-9-20-16-12(10)3-2-4-13(16)14-15(11-5-6-11)21-17-18-7-8-19(14)17/h2-4,9,11H,5-8H2,1H3. The van der Waals surface area contributed by atoms with Gasteiger partial charge in [0.15, 0.2) is 5.17 Å². The normalized spacial score (nSPS) is 21.4. The number of hydrogen-bond donors (Lipinski definition) is 0. The molecule has 0 atom stereocenters. The summed E-state index contributed by atoms with van der Waals surface area (Å²) in [6.45, 7) is 4.21. The summed E-state index contributed by atoms with van der Waals surface area (Å²) in [6, 6.07) is 6.77. The third-order valence-corrected chi connectivity index (χ3v) is 6.93. The van der Waals surface area contributed by atoms with E-state index in [0.717, 1.165) is 19.0 Å². The second kappa shape index (κ2) is 4.37. The van der Waals surface area contributed by atoms with Crippen molar-refractivity contribution in [2.24, 2.45) is 10.9 Å². The average molecular weight is 312 g/mol. The highest BCUT2D eigenvalue weighted by molar-refractivity contribution is 8.17. The van der Waals surface area contributed by atoms with Crippen LogP contribution in [0.5, 0.6) is 0 Å². The minimum absolute atomic E-state index is 0.787. The number of aryl methyl sites for hydroxylation is 1. The van der Waals surface area contributed by atoms with Crippen LogP contribution in [-0.2, 0) is 0 Å². The van der Waals surface area contributed by atoms with Crippen molar-refractivity contribution in [2.75, 3.05) is 13.1 Å². The number of amidine groups is 1. The first kappa shape index (κ1) is 12.3. The van der Waals surface area contributed by atoms with Gasteiger partial charge in [-0.1, -0.05) is 30.0 Å². The number of rotatable bonds is 2. The van der Waals surface area contributed by atoms with Gasteiger partial charge >= 0.3 is 0 Å². The van der Waals surface area contributed by atoms with Crippen LogP contribution in [0.4, 0.5) is 0 Å². The number of aliphatic imine (C=N–C) groups is 1. The zero-order valence-corrected chi connectivity index (χ0v) is 13.6. The molecule has 21 heavy (non-hydrogen) atoms. The summed E-state index contributed by atoms with van der Waals surface area (Å²) >= 11 is 3.82. The largest absolute Gasteiger partial charge is 0.318 e. The van der Waals surface area contributed by atoms with Gasteiger partial charge in [-0.25, -0.2) is 0 Å². The van der Waals surface area contributed by atoms with Gasteiger partial charge in [0.25, 0.3) is 0 Å². The lowest BCUT2D eigenvalue weighted by molar-refractivity contribution is 0.646. The van der Waals surface area contributed by atoms with E-state index in [2.05, 4.69) is 40.4 Å². The SMILES string of the molecule is Cc1csc2c(C3=C(C4CC4)SC4=NCCN43)cccc12. The Balaban J connectivity index is 1.76. The van der Waals surface area contributed by atoms with Crippen molar-refractivity contribution in [1.82, 2.24) is 4.90 Å². The Labute approximate surface area is 132 Å². The number of thiophene rings is 1. The van der Waals surface area contributed by atoms with Gasteiger partial charge < -0.3 is 4.90 Å². The molecule has 0 saturated heterocycles. The van der Waals surface area contributed by atoms with E-state index in [4.69, 9.17) is 0 Å². The Hall–Kier alpha value is -1.26. The quantitative estimate of drug-likeness (QED) is 0.798. The predicted molar refractivity (Wildman–Crippen MR) is 92.8 cm³/mol. The number of allylic oxidation sites excluding steroid dienone is 1. The molecule has 2 aromatic rings. The lowest BCUT2D eigenvalue weighted by Crippen LogP contribution is -2.20. The molecule has 0 bridgehead atoms. The summed E-state index contributed by atoms with van der Waals surface area (Å²) in [5.41, 5.74) is 4.28. The second-order valence-electron chi connectivity index (χ2n) is 6.01. The fraction of sp³-hybridized carbons (Fsp3) is 0.353. The molecule has 0 spiro atoms. The molecule has 2 nitrogen and oxygen atoms in total. The predicted octanol–water partition coefficient (Wildman–Crippen LogP) is 4.71. The van der Waals surface area contributed by atoms with Crippen LogP contribution in [0, 0.1) is 12.8 Å². The van der Waals surface area contributed by atoms with E-state index in [-0.39, 0.29) is 0 Å². The van der Waals surface area contributed by atoms with Crippen molar-refractivity contribution in [3.05, 3.63) is 39.6 Å². The Kier molecular flexibility index (Phi) is 2.56. The topological polar surface area (TPSA) is 15.6 Å². The van der Waals surface area contributed by atoms with Crippen molar-refractivity contribution in [3.8, 4) is 0 Å². The van der Waals surface area contributed by atoms with Crippen LogP contribution in [0.2, 0.25) is 0 Å². The zero-order chi connectivity index (χ0) is 14.0. The van der Waals surface area contributed by atoms with Crippen LogP contribution < -0.4 is 0 Å². The van der Waals surface area contributed by atoms with Crippen molar-refractivity contribution in [1.29, 1.82) is 0 Å². The molecule has 0 radical (unpaired) electrons. The summed E-state index contributed by atoms with van der Waals surface area (Å²) in [5.74, 6) is 0.787. The molecular formula is C17H16N2S2. The summed E-state index contributed by atoms with van der Waals surface area (Å²) in [7, 11) is 0. The fourth-order valence-corrected chi connectivity index (χ4v) is 5.71. The van der Waals surface area contributed by atoms with E-state index < -0.39 is 0 Å². The van der Waals surface area contributed by atoms with E-state index in [9.17, 15) is 0 Å². The van der Waals surface area contributed by atoms with Gasteiger partial charge in [0, 0.05) is 21.7 Å². The molecule has 3 aliphatic rings. The molecule has 1 saturated carbocycles. The van der Waals surface area contributed by atoms with Gasteiger partial charge in [-0.05, 0) is 42.0 Å². The Morgan fingerprint density at radius 3 is 3.05 bits per heavy atom. The van der Waals surface area contributed by atoms with Gasteiger partial charge in [-0.15, -0.1) is 11.3 Å². The molecule has 3 heterocycles. The van der Waals surface area contributed by atoms with E-state index in [1.807, 2.05) is 23.1 Å². The summed E-state index contributed by atoms with van der Waals surface area (Å²) in [5, 5.41) is 4.93. The molecule has 5 rings (SSSR count). The second-order valence-corrected chi connectivity index (χ2v) is 7.89. The number of nitrogens with zero attached hydrogens (tertiary/aromatic N) is 2. The molecule has 0 unspecified atom stereocenters. The molecule has 106 valence electrons. The highest BCUT2D eigenvalue weighted by Crippen LogP contribution is 2.53. The van der Waals surface area contributed by atoms with Gasteiger partial charge in [0.1, 0.15) is 0 Å². The first-order chi connectivity index (χ1) is 10.3. The first-order valence-corrected chi connectivity index (χ1v) is 9.24. The van der Waals surface area contributed by atoms with E-state index in [1.54, 1.807) is 4.91 Å².